The Bertz CT molecular complexity index is 786. The third-order valence-corrected chi connectivity index (χ3v) is 5.13. The summed E-state index contributed by atoms with van der Waals surface area (Å²) in [7, 11) is 1.27. The first-order valence-corrected chi connectivity index (χ1v) is 8.00. The van der Waals surface area contributed by atoms with Gasteiger partial charge in [0.25, 0.3) is 5.91 Å². The Kier molecular flexibility index (Phi) is 3.38. The SMILES string of the molecule is COc1c2n(cc(C(=O)O)c1=O)C[C@@H]1O[C@H]3CC[C@H](C3)CN1C2=O. The van der Waals surface area contributed by atoms with Crippen LogP contribution in [-0.2, 0) is 11.3 Å². The van der Waals surface area contributed by atoms with Gasteiger partial charge in [-0.15, -0.1) is 0 Å². The van der Waals surface area contributed by atoms with E-state index in [0.717, 1.165) is 19.3 Å². The van der Waals surface area contributed by atoms with Gasteiger partial charge in [0, 0.05) is 12.7 Å². The Morgan fingerprint density at radius 2 is 2.12 bits per heavy atom. The zero-order chi connectivity index (χ0) is 17.0. The normalized spacial score (nSPS) is 28.1. The van der Waals surface area contributed by atoms with Crippen molar-refractivity contribution in [2.45, 2.75) is 38.1 Å². The number of aromatic carboxylic acids is 1. The molecule has 3 atom stereocenters. The summed E-state index contributed by atoms with van der Waals surface area (Å²) in [6, 6.07) is 0. The maximum absolute atomic E-state index is 13.0. The van der Waals surface area contributed by atoms with Crippen LogP contribution in [0.2, 0.25) is 0 Å². The fraction of sp³-hybridized carbons (Fsp3) is 0.562. The fourth-order valence-corrected chi connectivity index (χ4v) is 4.01. The first-order chi connectivity index (χ1) is 11.5. The van der Waals surface area contributed by atoms with Gasteiger partial charge in [-0.25, -0.2) is 4.79 Å². The quantitative estimate of drug-likeness (QED) is 0.847. The smallest absolute Gasteiger partial charge is 0.341 e. The van der Waals surface area contributed by atoms with E-state index >= 15 is 0 Å². The number of carbonyl (C=O) groups is 2. The van der Waals surface area contributed by atoms with E-state index in [1.54, 1.807) is 4.90 Å². The van der Waals surface area contributed by atoms with Crippen LogP contribution in [0.5, 0.6) is 5.75 Å². The van der Waals surface area contributed by atoms with Gasteiger partial charge in [0.2, 0.25) is 5.43 Å². The van der Waals surface area contributed by atoms with Crippen molar-refractivity contribution in [3.05, 3.63) is 27.7 Å². The zero-order valence-electron chi connectivity index (χ0n) is 13.2. The van der Waals surface area contributed by atoms with E-state index in [1.165, 1.54) is 17.9 Å². The van der Waals surface area contributed by atoms with E-state index in [-0.39, 0.29) is 23.5 Å². The van der Waals surface area contributed by atoms with Gasteiger partial charge < -0.3 is 24.0 Å². The number of carboxylic acid groups (broad SMARTS) is 1. The van der Waals surface area contributed by atoms with Gasteiger partial charge in [0.1, 0.15) is 5.56 Å². The van der Waals surface area contributed by atoms with Crippen molar-refractivity contribution in [3.63, 3.8) is 0 Å². The molecule has 1 saturated carbocycles. The Balaban J connectivity index is 1.84. The predicted octanol–water partition coefficient (Wildman–Crippen LogP) is 0.536. The van der Waals surface area contributed by atoms with Crippen LogP contribution in [0.15, 0.2) is 11.0 Å². The van der Waals surface area contributed by atoms with Crippen molar-refractivity contribution in [3.8, 4) is 5.75 Å². The third-order valence-electron chi connectivity index (χ3n) is 5.13. The van der Waals surface area contributed by atoms with Crippen molar-refractivity contribution >= 4 is 11.9 Å². The molecule has 0 radical (unpaired) electrons. The number of hydrogen-bond donors (Lipinski definition) is 1. The number of methoxy groups -OCH3 is 1. The molecule has 24 heavy (non-hydrogen) atoms. The van der Waals surface area contributed by atoms with Crippen LogP contribution in [0.25, 0.3) is 0 Å². The number of aromatic nitrogens is 1. The average molecular weight is 334 g/mol. The van der Waals surface area contributed by atoms with Gasteiger partial charge in [-0.3, -0.25) is 9.59 Å². The van der Waals surface area contributed by atoms with Crippen molar-refractivity contribution in [2.24, 2.45) is 5.92 Å². The molecule has 2 fully saturated rings. The highest BCUT2D eigenvalue weighted by molar-refractivity contribution is 5.97. The molecule has 1 aliphatic carbocycles. The highest BCUT2D eigenvalue weighted by Gasteiger charge is 2.43. The molecule has 1 aromatic heterocycles. The average Bonchev–Trinajstić information content (AvgIpc) is 2.88. The lowest BCUT2D eigenvalue weighted by atomic mass is 10.1. The fourth-order valence-electron chi connectivity index (χ4n) is 4.01. The van der Waals surface area contributed by atoms with Crippen molar-refractivity contribution < 1.29 is 24.2 Å². The molecule has 4 rings (SSSR count). The first kappa shape index (κ1) is 15.2. The van der Waals surface area contributed by atoms with Crippen LogP contribution in [0.1, 0.15) is 40.1 Å². The molecule has 2 bridgehead atoms. The highest BCUT2D eigenvalue weighted by Crippen LogP contribution is 2.36. The second-order valence-corrected chi connectivity index (χ2v) is 6.56. The maximum Gasteiger partial charge on any atom is 0.341 e. The molecule has 1 aromatic rings. The first-order valence-electron chi connectivity index (χ1n) is 8.00. The van der Waals surface area contributed by atoms with Crippen LogP contribution in [0.4, 0.5) is 0 Å². The number of carbonyl (C=O) groups excluding carboxylic acids is 1. The second-order valence-electron chi connectivity index (χ2n) is 6.56. The minimum absolute atomic E-state index is 0.102. The van der Waals surface area contributed by atoms with Gasteiger partial charge in [-0.2, -0.15) is 0 Å². The summed E-state index contributed by atoms with van der Waals surface area (Å²) in [5.41, 5.74) is -1.09. The van der Waals surface area contributed by atoms with Gasteiger partial charge in [-0.1, -0.05) is 0 Å². The summed E-state index contributed by atoms with van der Waals surface area (Å²) in [6.07, 6.45) is 3.87. The Hall–Kier alpha value is -2.35. The van der Waals surface area contributed by atoms with Crippen molar-refractivity contribution in [2.75, 3.05) is 13.7 Å². The topological polar surface area (TPSA) is 98.1 Å². The lowest BCUT2D eigenvalue weighted by Gasteiger charge is -2.38. The maximum atomic E-state index is 13.0. The number of carboxylic acids is 1. The van der Waals surface area contributed by atoms with Crippen LogP contribution in [-0.4, -0.2) is 52.4 Å². The molecule has 0 aromatic carbocycles. The number of hydrogen-bond acceptors (Lipinski definition) is 5. The zero-order valence-corrected chi connectivity index (χ0v) is 13.2. The third kappa shape index (κ3) is 2.13. The van der Waals surface area contributed by atoms with E-state index in [9.17, 15) is 19.5 Å². The lowest BCUT2D eigenvalue weighted by molar-refractivity contribution is -0.0886. The van der Waals surface area contributed by atoms with E-state index in [1.807, 2.05) is 0 Å². The Morgan fingerprint density at radius 1 is 1.33 bits per heavy atom. The van der Waals surface area contributed by atoms with E-state index in [2.05, 4.69) is 0 Å². The number of rotatable bonds is 2. The summed E-state index contributed by atoms with van der Waals surface area (Å²) in [5, 5.41) is 9.22. The number of fused-ring (bicyclic) bond motifs is 4. The summed E-state index contributed by atoms with van der Waals surface area (Å²) in [6.45, 7) is 0.888. The minimum atomic E-state index is -1.34. The molecule has 128 valence electrons. The lowest BCUT2D eigenvalue weighted by Crippen LogP contribution is -2.51. The van der Waals surface area contributed by atoms with Gasteiger partial charge in [-0.05, 0) is 25.2 Å². The Morgan fingerprint density at radius 3 is 2.83 bits per heavy atom. The molecule has 1 N–H and O–H groups in total. The van der Waals surface area contributed by atoms with E-state index < -0.39 is 23.2 Å². The molecule has 1 amide bonds. The molecular formula is C16H18N2O6. The molecule has 1 saturated heterocycles. The van der Waals surface area contributed by atoms with Crippen LogP contribution in [0, 0.1) is 5.92 Å². The highest BCUT2D eigenvalue weighted by atomic mass is 16.5. The molecule has 0 unspecified atom stereocenters. The number of nitrogens with zero attached hydrogens (tertiary/aromatic N) is 2. The largest absolute Gasteiger partial charge is 0.491 e. The summed E-state index contributed by atoms with van der Waals surface area (Å²) in [4.78, 5) is 38.2. The van der Waals surface area contributed by atoms with Crippen LogP contribution >= 0.6 is 0 Å². The van der Waals surface area contributed by atoms with E-state index in [0.29, 0.717) is 19.0 Å². The molecule has 3 heterocycles. The number of pyridine rings is 1. The number of amides is 1. The molecule has 8 nitrogen and oxygen atoms in total. The van der Waals surface area contributed by atoms with Gasteiger partial charge in [0.15, 0.2) is 17.7 Å². The standard InChI is InChI=1S/C16H18N2O6/c1-23-14-12-15(20)18-5-8-2-3-9(4-8)24-11(18)7-17(12)6-10(13(14)19)16(21)22/h6,8-9,11H,2-5,7H2,1H3,(H,21,22)/t8-,9+,11+/m1/s1. The monoisotopic (exact) mass is 334 g/mol. The molecule has 0 spiro atoms. The molecular weight excluding hydrogens is 316 g/mol. The predicted molar refractivity (Wildman–Crippen MR) is 81.3 cm³/mol. The van der Waals surface area contributed by atoms with Gasteiger partial charge in [0.05, 0.1) is 19.8 Å². The summed E-state index contributed by atoms with van der Waals surface area (Å²) >= 11 is 0. The summed E-state index contributed by atoms with van der Waals surface area (Å²) < 4.78 is 12.6. The summed E-state index contributed by atoms with van der Waals surface area (Å²) in [5.74, 6) is -1.49. The Labute approximate surface area is 137 Å². The van der Waals surface area contributed by atoms with Crippen LogP contribution in [0.3, 0.4) is 0 Å². The molecule has 3 aliphatic rings. The van der Waals surface area contributed by atoms with Crippen molar-refractivity contribution in [1.82, 2.24) is 9.47 Å². The minimum Gasteiger partial charge on any atom is -0.491 e. The molecule has 8 heteroatoms. The van der Waals surface area contributed by atoms with Gasteiger partial charge >= 0.3 is 5.97 Å². The second kappa shape index (κ2) is 5.34. The van der Waals surface area contributed by atoms with E-state index in [4.69, 9.17) is 9.47 Å². The number of ether oxygens (including phenoxy) is 2. The van der Waals surface area contributed by atoms with Crippen molar-refractivity contribution in [1.29, 1.82) is 0 Å². The molecule has 2 aliphatic heterocycles. The van der Waals surface area contributed by atoms with Crippen LogP contribution < -0.4 is 10.2 Å².